The van der Waals surface area contributed by atoms with Gasteiger partial charge in [0.25, 0.3) is 0 Å². The van der Waals surface area contributed by atoms with Crippen LogP contribution in [0, 0.1) is 0 Å². The molecule has 112 valence electrons. The van der Waals surface area contributed by atoms with Crippen molar-refractivity contribution in [2.75, 3.05) is 0 Å². The quantitative estimate of drug-likeness (QED) is 0.918. The van der Waals surface area contributed by atoms with E-state index in [0.717, 1.165) is 12.2 Å². The van der Waals surface area contributed by atoms with E-state index in [0.29, 0.717) is 11.8 Å². The van der Waals surface area contributed by atoms with Crippen LogP contribution in [0.4, 0.5) is 0 Å². The molecule has 0 amide bonds. The van der Waals surface area contributed by atoms with Crippen LogP contribution in [0.1, 0.15) is 77.6 Å². The molecular weight excluding hydrogens is 254 g/mol. The lowest BCUT2D eigenvalue weighted by Crippen LogP contribution is -2.44. The van der Waals surface area contributed by atoms with E-state index in [-0.39, 0.29) is 23.3 Å². The van der Waals surface area contributed by atoms with E-state index in [9.17, 15) is 0 Å². The summed E-state index contributed by atoms with van der Waals surface area (Å²) in [7, 11) is 0. The van der Waals surface area contributed by atoms with Crippen molar-refractivity contribution in [3.63, 3.8) is 0 Å². The van der Waals surface area contributed by atoms with Crippen LogP contribution in [0.15, 0.2) is 4.52 Å². The SMILES string of the molecule is C[C@@H](N[C@@H]1CC(C)(C)OC1(C)C)c1nc(C2CC2)no1. The number of hydrogen-bond acceptors (Lipinski definition) is 5. The van der Waals surface area contributed by atoms with Gasteiger partial charge in [0.2, 0.25) is 5.89 Å². The Labute approximate surface area is 120 Å². The summed E-state index contributed by atoms with van der Waals surface area (Å²) in [6.45, 7) is 10.6. The van der Waals surface area contributed by atoms with E-state index in [1.807, 2.05) is 0 Å². The van der Waals surface area contributed by atoms with Gasteiger partial charge in [-0.05, 0) is 53.9 Å². The molecule has 0 aromatic carbocycles. The van der Waals surface area contributed by atoms with Gasteiger partial charge in [-0.2, -0.15) is 4.98 Å². The summed E-state index contributed by atoms with van der Waals surface area (Å²) in [5.74, 6) is 2.09. The fraction of sp³-hybridized carbons (Fsp3) is 0.867. The van der Waals surface area contributed by atoms with Gasteiger partial charge in [0.1, 0.15) is 0 Å². The minimum absolute atomic E-state index is 0.0526. The van der Waals surface area contributed by atoms with Crippen molar-refractivity contribution >= 4 is 0 Å². The monoisotopic (exact) mass is 279 g/mol. The number of rotatable bonds is 4. The average Bonchev–Trinajstić information content (AvgIpc) is 2.99. The summed E-state index contributed by atoms with van der Waals surface area (Å²) in [5.41, 5.74) is -0.272. The third-order valence-electron chi connectivity index (χ3n) is 4.30. The number of nitrogens with one attached hydrogen (secondary N) is 1. The Bertz CT molecular complexity index is 491. The minimum Gasteiger partial charge on any atom is -0.368 e. The lowest BCUT2D eigenvalue weighted by atomic mass is 9.94. The smallest absolute Gasteiger partial charge is 0.243 e. The molecule has 0 radical (unpaired) electrons. The molecule has 1 aromatic heterocycles. The molecule has 2 fully saturated rings. The Morgan fingerprint density at radius 3 is 2.50 bits per heavy atom. The zero-order valence-corrected chi connectivity index (χ0v) is 13.1. The Kier molecular flexibility index (Phi) is 3.18. The maximum atomic E-state index is 6.11. The summed E-state index contributed by atoms with van der Waals surface area (Å²) < 4.78 is 11.5. The molecule has 2 atom stereocenters. The van der Waals surface area contributed by atoms with Crippen LogP contribution >= 0.6 is 0 Å². The summed E-state index contributed by atoms with van der Waals surface area (Å²) in [6, 6.07) is 0.334. The zero-order valence-electron chi connectivity index (χ0n) is 13.1. The van der Waals surface area contributed by atoms with Gasteiger partial charge in [0.15, 0.2) is 5.82 Å². The molecule has 1 aromatic rings. The van der Waals surface area contributed by atoms with Crippen LogP contribution in [-0.2, 0) is 4.74 Å². The highest BCUT2D eigenvalue weighted by molar-refractivity contribution is 5.06. The van der Waals surface area contributed by atoms with Crippen molar-refractivity contribution < 1.29 is 9.26 Å². The van der Waals surface area contributed by atoms with E-state index < -0.39 is 0 Å². The fourth-order valence-electron chi connectivity index (χ4n) is 3.13. The highest BCUT2D eigenvalue weighted by Crippen LogP contribution is 2.40. The van der Waals surface area contributed by atoms with E-state index in [1.165, 1.54) is 12.8 Å². The molecule has 0 spiro atoms. The van der Waals surface area contributed by atoms with E-state index in [4.69, 9.17) is 9.26 Å². The van der Waals surface area contributed by atoms with Crippen molar-refractivity contribution in [2.45, 2.75) is 83.1 Å². The van der Waals surface area contributed by atoms with Crippen LogP contribution in [0.25, 0.3) is 0 Å². The third kappa shape index (κ3) is 2.74. The van der Waals surface area contributed by atoms with E-state index in [1.54, 1.807) is 0 Å². The number of hydrogen-bond donors (Lipinski definition) is 1. The summed E-state index contributed by atoms with van der Waals surface area (Å²) in [4.78, 5) is 4.52. The molecule has 1 aliphatic heterocycles. The van der Waals surface area contributed by atoms with Gasteiger partial charge in [-0.3, -0.25) is 0 Å². The lowest BCUT2D eigenvalue weighted by molar-refractivity contribution is -0.0705. The van der Waals surface area contributed by atoms with Crippen molar-refractivity contribution in [3.05, 3.63) is 11.7 Å². The Morgan fingerprint density at radius 2 is 1.95 bits per heavy atom. The first-order valence-electron chi connectivity index (χ1n) is 7.56. The predicted octanol–water partition coefficient (Wildman–Crippen LogP) is 2.94. The number of ether oxygens (including phenoxy) is 1. The van der Waals surface area contributed by atoms with Crippen LogP contribution in [0.2, 0.25) is 0 Å². The average molecular weight is 279 g/mol. The standard InChI is InChI=1S/C15H25N3O2/c1-9(13-17-12(18-19-13)10-6-7-10)16-11-8-14(2,3)20-15(11,4)5/h9-11,16H,6-8H2,1-5H3/t9-,11-/m1/s1. The van der Waals surface area contributed by atoms with Gasteiger partial charge in [0.05, 0.1) is 17.2 Å². The maximum absolute atomic E-state index is 6.11. The van der Waals surface area contributed by atoms with Crippen LogP contribution in [-0.4, -0.2) is 27.4 Å². The molecule has 2 heterocycles. The van der Waals surface area contributed by atoms with Gasteiger partial charge in [-0.15, -0.1) is 0 Å². The molecule has 1 saturated heterocycles. The first-order valence-corrected chi connectivity index (χ1v) is 7.56. The summed E-state index contributed by atoms with van der Waals surface area (Å²) in [6.07, 6.45) is 3.37. The fourth-order valence-corrected chi connectivity index (χ4v) is 3.13. The molecule has 1 N–H and O–H groups in total. The van der Waals surface area contributed by atoms with Crippen LogP contribution in [0.5, 0.6) is 0 Å². The van der Waals surface area contributed by atoms with Gasteiger partial charge in [-0.25, -0.2) is 0 Å². The largest absolute Gasteiger partial charge is 0.368 e. The zero-order chi connectivity index (χ0) is 14.5. The molecule has 2 aliphatic rings. The Hall–Kier alpha value is -0.940. The summed E-state index contributed by atoms with van der Waals surface area (Å²) >= 11 is 0. The first-order chi connectivity index (χ1) is 9.27. The molecule has 0 unspecified atom stereocenters. The van der Waals surface area contributed by atoms with Gasteiger partial charge in [0, 0.05) is 12.0 Å². The Balaban J connectivity index is 1.67. The second-order valence-corrected chi connectivity index (χ2v) is 7.38. The van der Waals surface area contributed by atoms with Crippen molar-refractivity contribution in [2.24, 2.45) is 0 Å². The molecule has 3 rings (SSSR count). The molecular formula is C15H25N3O2. The van der Waals surface area contributed by atoms with Gasteiger partial charge < -0.3 is 14.6 Å². The highest BCUT2D eigenvalue weighted by atomic mass is 16.5. The van der Waals surface area contributed by atoms with Crippen LogP contribution in [0.3, 0.4) is 0 Å². The molecule has 5 heteroatoms. The molecule has 5 nitrogen and oxygen atoms in total. The van der Waals surface area contributed by atoms with Crippen molar-refractivity contribution in [3.8, 4) is 0 Å². The van der Waals surface area contributed by atoms with Crippen molar-refractivity contribution in [1.29, 1.82) is 0 Å². The molecule has 1 saturated carbocycles. The number of nitrogens with zero attached hydrogens (tertiary/aromatic N) is 2. The highest BCUT2D eigenvalue weighted by Gasteiger charge is 2.46. The van der Waals surface area contributed by atoms with E-state index >= 15 is 0 Å². The Morgan fingerprint density at radius 1 is 1.25 bits per heavy atom. The van der Waals surface area contributed by atoms with Crippen molar-refractivity contribution in [1.82, 2.24) is 15.5 Å². The predicted molar refractivity (Wildman–Crippen MR) is 75.5 cm³/mol. The maximum Gasteiger partial charge on any atom is 0.243 e. The third-order valence-corrected chi connectivity index (χ3v) is 4.30. The minimum atomic E-state index is -0.183. The second kappa shape index (κ2) is 4.53. The molecule has 1 aliphatic carbocycles. The second-order valence-electron chi connectivity index (χ2n) is 7.38. The summed E-state index contributed by atoms with van der Waals surface area (Å²) in [5, 5.41) is 7.67. The van der Waals surface area contributed by atoms with Crippen LogP contribution < -0.4 is 5.32 Å². The topological polar surface area (TPSA) is 60.2 Å². The first kappa shape index (κ1) is 14.0. The normalized spacial score (nSPS) is 29.6. The molecule has 0 bridgehead atoms. The molecule has 20 heavy (non-hydrogen) atoms. The van der Waals surface area contributed by atoms with Gasteiger partial charge >= 0.3 is 0 Å². The lowest BCUT2D eigenvalue weighted by Gasteiger charge is -2.29. The van der Waals surface area contributed by atoms with Gasteiger partial charge in [-0.1, -0.05) is 5.16 Å². The van der Waals surface area contributed by atoms with E-state index in [2.05, 4.69) is 50.1 Å². The number of aromatic nitrogens is 2.